The van der Waals surface area contributed by atoms with Gasteiger partial charge < -0.3 is 42.1 Å². The van der Waals surface area contributed by atoms with Crippen LogP contribution in [0.15, 0.2) is 54.6 Å². The molecule has 0 saturated carbocycles. The second-order valence-corrected chi connectivity index (χ2v) is 14.7. The molecule has 0 aliphatic rings. The van der Waals surface area contributed by atoms with E-state index in [1.807, 2.05) is 6.26 Å². The van der Waals surface area contributed by atoms with Crippen molar-refractivity contribution in [3.05, 3.63) is 65.7 Å². The number of carboxylic acid groups (broad SMARTS) is 1. The lowest BCUT2D eigenvalue weighted by Gasteiger charge is -2.24. The molecular weight excluding hydrogens is 729 g/mol. The van der Waals surface area contributed by atoms with Crippen molar-refractivity contribution in [3.8, 4) is 5.75 Å². The Morgan fingerprint density at radius 2 is 1.17 bits per heavy atom. The summed E-state index contributed by atoms with van der Waals surface area (Å²) in [6.45, 7) is 3.26. The summed E-state index contributed by atoms with van der Waals surface area (Å²) in [5.74, 6) is -6.12. The van der Waals surface area contributed by atoms with E-state index in [0.717, 1.165) is 0 Å². The standard InChI is InChI=1S/C35H46N6O10S2/c1-20(19-53-52-4)32(48)36-17-29(44)40-28(16-31(46)47)33(49)37-18-30(45)39-26(14-23-8-6-5-7-9-23)35(51)41-27(34(50)38-21(2)22(3)42)15-24-10-12-25(43)13-11-24/h5-13,20-21,26-28,43H,14-19H2,1-4H3,(H,36,48)(H,37,49)(H,38,50)(H,39,45)(H,40,44)(H,41,51)(H,46,47)/t20-,21-,26-,27-,28-/m0/s1. The number of hydrogen-bond donors (Lipinski definition) is 8. The Morgan fingerprint density at radius 1 is 0.660 bits per heavy atom. The maximum Gasteiger partial charge on any atom is 0.305 e. The molecule has 0 radical (unpaired) electrons. The van der Waals surface area contributed by atoms with Gasteiger partial charge in [-0.25, -0.2) is 0 Å². The zero-order valence-electron chi connectivity index (χ0n) is 29.8. The van der Waals surface area contributed by atoms with E-state index in [1.54, 1.807) is 49.4 Å². The number of phenolic OH excluding ortho intramolecular Hbond substituents is 1. The Bertz CT molecular complexity index is 1600. The Kier molecular flexibility index (Phi) is 18.9. The molecule has 0 bridgehead atoms. The number of aromatic hydroxyl groups is 1. The summed E-state index contributed by atoms with van der Waals surface area (Å²) >= 11 is 0. The van der Waals surface area contributed by atoms with Crippen molar-refractivity contribution in [1.29, 1.82) is 0 Å². The number of nitrogens with one attached hydrogen (secondary N) is 6. The Balaban J connectivity index is 2.15. The Hall–Kier alpha value is -5.10. The van der Waals surface area contributed by atoms with Crippen LogP contribution in [0.1, 0.15) is 38.3 Å². The minimum absolute atomic E-state index is 0.00611. The normalized spacial score (nSPS) is 13.5. The smallest absolute Gasteiger partial charge is 0.305 e. The molecule has 0 aromatic heterocycles. The van der Waals surface area contributed by atoms with Crippen LogP contribution in [0.4, 0.5) is 0 Å². The van der Waals surface area contributed by atoms with E-state index in [4.69, 9.17) is 0 Å². The molecule has 6 amide bonds. The molecule has 0 saturated heterocycles. The fourth-order valence-corrected chi connectivity index (χ4v) is 6.09. The molecule has 288 valence electrons. The number of rotatable bonds is 22. The average molecular weight is 775 g/mol. The van der Waals surface area contributed by atoms with Crippen LogP contribution in [0.25, 0.3) is 0 Å². The highest BCUT2D eigenvalue weighted by Crippen LogP contribution is 2.20. The van der Waals surface area contributed by atoms with Gasteiger partial charge in [0, 0.05) is 24.5 Å². The van der Waals surface area contributed by atoms with Crippen LogP contribution in [0.3, 0.4) is 0 Å². The van der Waals surface area contributed by atoms with Crippen LogP contribution < -0.4 is 31.9 Å². The average Bonchev–Trinajstić information content (AvgIpc) is 3.11. The third-order valence-corrected chi connectivity index (χ3v) is 9.66. The first kappa shape index (κ1) is 44.1. The number of carboxylic acids is 1. The van der Waals surface area contributed by atoms with Crippen molar-refractivity contribution in [2.75, 3.05) is 25.1 Å². The number of aliphatic carboxylic acids is 1. The number of Topliss-reactive ketones (excluding diaryl/α,β-unsaturated/α-hetero) is 1. The van der Waals surface area contributed by atoms with Gasteiger partial charge in [-0.2, -0.15) is 0 Å². The number of hydrogen-bond acceptors (Lipinski definition) is 11. The van der Waals surface area contributed by atoms with E-state index in [-0.39, 0.29) is 24.4 Å². The first-order valence-electron chi connectivity index (χ1n) is 16.5. The van der Waals surface area contributed by atoms with Gasteiger partial charge in [-0.15, -0.1) is 0 Å². The van der Waals surface area contributed by atoms with E-state index in [0.29, 0.717) is 16.9 Å². The first-order chi connectivity index (χ1) is 25.1. The number of carbonyl (C=O) groups is 8. The van der Waals surface area contributed by atoms with E-state index >= 15 is 0 Å². The van der Waals surface area contributed by atoms with Crippen LogP contribution in [0, 0.1) is 5.92 Å². The fraction of sp³-hybridized carbons (Fsp3) is 0.429. The molecule has 0 fully saturated rings. The summed E-state index contributed by atoms with van der Waals surface area (Å²) in [7, 11) is 2.95. The van der Waals surface area contributed by atoms with Gasteiger partial charge >= 0.3 is 5.97 Å². The topological polar surface area (TPSA) is 249 Å². The lowest BCUT2D eigenvalue weighted by Crippen LogP contribution is -2.57. The van der Waals surface area contributed by atoms with Gasteiger partial charge in [0.15, 0.2) is 5.78 Å². The molecular formula is C35H46N6O10S2. The molecule has 0 aliphatic carbocycles. The van der Waals surface area contributed by atoms with Gasteiger partial charge in [-0.05, 0) is 43.4 Å². The number of phenols is 1. The maximum absolute atomic E-state index is 13.7. The van der Waals surface area contributed by atoms with Gasteiger partial charge in [0.05, 0.1) is 25.6 Å². The number of carbonyl (C=O) groups excluding carboxylic acids is 7. The minimum atomic E-state index is -1.59. The van der Waals surface area contributed by atoms with E-state index in [1.165, 1.54) is 47.6 Å². The molecule has 2 aromatic carbocycles. The molecule has 0 unspecified atom stereocenters. The maximum atomic E-state index is 13.7. The monoisotopic (exact) mass is 774 g/mol. The van der Waals surface area contributed by atoms with Crippen LogP contribution in [0.2, 0.25) is 0 Å². The van der Waals surface area contributed by atoms with Crippen molar-refractivity contribution in [2.45, 2.75) is 64.2 Å². The second-order valence-electron chi connectivity index (χ2n) is 12.1. The summed E-state index contributed by atoms with van der Waals surface area (Å²) in [5, 5.41) is 33.7. The lowest BCUT2D eigenvalue weighted by atomic mass is 10.0. The summed E-state index contributed by atoms with van der Waals surface area (Å²) in [4.78, 5) is 101. The fourth-order valence-electron chi connectivity index (χ4n) is 4.58. The molecule has 0 heterocycles. The van der Waals surface area contributed by atoms with E-state index in [9.17, 15) is 48.6 Å². The Labute approximate surface area is 315 Å². The number of benzene rings is 2. The van der Waals surface area contributed by atoms with Crippen LogP contribution in [-0.2, 0) is 51.2 Å². The summed E-state index contributed by atoms with van der Waals surface area (Å²) < 4.78 is 0. The molecule has 0 spiro atoms. The highest BCUT2D eigenvalue weighted by Gasteiger charge is 2.30. The van der Waals surface area contributed by atoms with Gasteiger partial charge in [0.25, 0.3) is 0 Å². The van der Waals surface area contributed by atoms with Gasteiger partial charge in [-0.1, -0.05) is 71.0 Å². The summed E-state index contributed by atoms with van der Waals surface area (Å²) in [5.41, 5.74) is 1.23. The zero-order chi connectivity index (χ0) is 39.5. The van der Waals surface area contributed by atoms with Crippen LogP contribution in [-0.4, -0.2) is 107 Å². The van der Waals surface area contributed by atoms with Crippen LogP contribution >= 0.6 is 21.6 Å². The van der Waals surface area contributed by atoms with Crippen molar-refractivity contribution in [2.24, 2.45) is 5.92 Å². The van der Waals surface area contributed by atoms with Crippen molar-refractivity contribution in [3.63, 3.8) is 0 Å². The molecule has 53 heavy (non-hydrogen) atoms. The predicted molar refractivity (Wildman–Crippen MR) is 199 cm³/mol. The van der Waals surface area contributed by atoms with Gasteiger partial charge in [-0.3, -0.25) is 38.4 Å². The first-order valence-corrected chi connectivity index (χ1v) is 19.3. The molecule has 16 nitrogen and oxygen atoms in total. The Morgan fingerprint density at radius 3 is 1.72 bits per heavy atom. The quantitative estimate of drug-likeness (QED) is 0.0742. The molecule has 2 aromatic rings. The molecule has 2 rings (SSSR count). The van der Waals surface area contributed by atoms with E-state index in [2.05, 4.69) is 31.9 Å². The van der Waals surface area contributed by atoms with Crippen molar-refractivity contribution >= 4 is 68.8 Å². The van der Waals surface area contributed by atoms with Gasteiger partial charge in [0.2, 0.25) is 35.4 Å². The molecule has 8 N–H and O–H groups in total. The minimum Gasteiger partial charge on any atom is -0.508 e. The summed E-state index contributed by atoms with van der Waals surface area (Å²) in [6, 6.07) is 9.68. The highest BCUT2D eigenvalue weighted by atomic mass is 33.1. The second kappa shape index (κ2) is 22.8. The molecule has 5 atom stereocenters. The van der Waals surface area contributed by atoms with Crippen molar-refractivity contribution < 1.29 is 48.6 Å². The van der Waals surface area contributed by atoms with E-state index < -0.39 is 91.0 Å². The third kappa shape index (κ3) is 16.9. The zero-order valence-corrected chi connectivity index (χ0v) is 31.4. The third-order valence-electron chi connectivity index (χ3n) is 7.67. The summed E-state index contributed by atoms with van der Waals surface area (Å²) in [6.07, 6.45) is 0.989. The number of amides is 6. The van der Waals surface area contributed by atoms with Gasteiger partial charge in [0.1, 0.15) is 23.9 Å². The number of ketones is 1. The molecule has 18 heteroatoms. The lowest BCUT2D eigenvalue weighted by molar-refractivity contribution is -0.141. The van der Waals surface area contributed by atoms with Crippen molar-refractivity contribution in [1.82, 2.24) is 31.9 Å². The molecule has 0 aliphatic heterocycles. The predicted octanol–water partition coefficient (Wildman–Crippen LogP) is 0.0799. The highest BCUT2D eigenvalue weighted by molar-refractivity contribution is 8.76. The SMILES string of the molecule is CSSC[C@H](C)C(=O)NCC(=O)N[C@@H](CC(=O)O)C(=O)NCC(=O)N[C@@H](Cc1ccccc1)C(=O)N[C@@H](Cc1ccc(O)cc1)C(=O)N[C@@H](C)C(C)=O. The largest absolute Gasteiger partial charge is 0.508 e. The van der Waals surface area contributed by atoms with Crippen LogP contribution in [0.5, 0.6) is 5.75 Å².